The van der Waals surface area contributed by atoms with E-state index in [1.165, 1.54) is 0 Å². The summed E-state index contributed by atoms with van der Waals surface area (Å²) < 4.78 is 0. The molecule has 4 heteroatoms. The largest absolute Gasteiger partial charge is 0.481 e. The first-order valence-electron chi connectivity index (χ1n) is 7.15. The molecule has 0 bridgehead atoms. The number of hydrogen-bond acceptors (Lipinski definition) is 3. The highest BCUT2D eigenvalue weighted by Crippen LogP contribution is 2.24. The number of hydrogen-bond donors (Lipinski definition) is 2. The Balaban J connectivity index is 2.41. The quantitative estimate of drug-likeness (QED) is 0.733. The summed E-state index contributed by atoms with van der Waals surface area (Å²) in [5.74, 6) is -0.224. The Kier molecular flexibility index (Phi) is 6.09. The Bertz CT molecular complexity index is 264. The fourth-order valence-electron chi connectivity index (χ4n) is 2.75. The Morgan fingerprint density at radius 1 is 1.39 bits per heavy atom. The van der Waals surface area contributed by atoms with Crippen molar-refractivity contribution in [2.75, 3.05) is 19.6 Å². The van der Waals surface area contributed by atoms with Gasteiger partial charge in [-0.1, -0.05) is 13.8 Å². The molecule has 18 heavy (non-hydrogen) atoms. The van der Waals surface area contributed by atoms with Crippen LogP contribution in [0.4, 0.5) is 0 Å². The SMILES string of the molecule is CCC(O)(CC)CN1CCCC(CCC(=O)O)C1. The van der Waals surface area contributed by atoms with E-state index in [-0.39, 0.29) is 6.42 Å². The average Bonchev–Trinajstić information content (AvgIpc) is 2.36. The minimum absolute atomic E-state index is 0.268. The first-order valence-corrected chi connectivity index (χ1v) is 7.15. The van der Waals surface area contributed by atoms with Crippen molar-refractivity contribution in [2.24, 2.45) is 5.92 Å². The van der Waals surface area contributed by atoms with Crippen molar-refractivity contribution in [3.8, 4) is 0 Å². The number of carboxylic acid groups (broad SMARTS) is 1. The average molecular weight is 257 g/mol. The van der Waals surface area contributed by atoms with Crippen LogP contribution in [0.5, 0.6) is 0 Å². The second-order valence-electron chi connectivity index (χ2n) is 5.61. The van der Waals surface area contributed by atoms with Crippen molar-refractivity contribution >= 4 is 5.97 Å². The molecule has 1 aliphatic rings. The molecule has 1 aliphatic heterocycles. The maximum atomic E-state index is 10.6. The van der Waals surface area contributed by atoms with Gasteiger partial charge in [-0.15, -0.1) is 0 Å². The molecule has 0 aromatic carbocycles. The van der Waals surface area contributed by atoms with Crippen LogP contribution >= 0.6 is 0 Å². The lowest BCUT2D eigenvalue weighted by Crippen LogP contribution is -2.46. The molecule has 1 unspecified atom stereocenters. The van der Waals surface area contributed by atoms with Crippen LogP contribution in [0.2, 0.25) is 0 Å². The summed E-state index contributed by atoms with van der Waals surface area (Å²) in [4.78, 5) is 12.9. The first kappa shape index (κ1) is 15.4. The van der Waals surface area contributed by atoms with Gasteiger partial charge in [0.15, 0.2) is 0 Å². The third kappa shape index (κ3) is 4.94. The lowest BCUT2D eigenvalue weighted by atomic mass is 9.90. The lowest BCUT2D eigenvalue weighted by Gasteiger charge is -2.38. The van der Waals surface area contributed by atoms with E-state index in [2.05, 4.69) is 4.90 Å². The van der Waals surface area contributed by atoms with E-state index in [1.807, 2.05) is 13.8 Å². The molecule has 0 saturated carbocycles. The number of aliphatic carboxylic acids is 1. The molecule has 1 fully saturated rings. The van der Waals surface area contributed by atoms with Crippen molar-refractivity contribution in [3.05, 3.63) is 0 Å². The molecule has 106 valence electrons. The summed E-state index contributed by atoms with van der Waals surface area (Å²) in [5, 5.41) is 19.1. The Morgan fingerprint density at radius 2 is 2.06 bits per heavy atom. The summed E-state index contributed by atoms with van der Waals surface area (Å²) in [6.07, 6.45) is 4.83. The number of carboxylic acids is 1. The summed E-state index contributed by atoms with van der Waals surface area (Å²) in [6.45, 7) is 6.75. The van der Waals surface area contributed by atoms with E-state index in [1.54, 1.807) is 0 Å². The van der Waals surface area contributed by atoms with Crippen LogP contribution in [0, 0.1) is 5.92 Å². The maximum Gasteiger partial charge on any atom is 0.303 e. The van der Waals surface area contributed by atoms with Crippen molar-refractivity contribution in [1.82, 2.24) is 4.90 Å². The molecule has 0 amide bonds. The fraction of sp³-hybridized carbons (Fsp3) is 0.929. The van der Waals surface area contributed by atoms with E-state index in [4.69, 9.17) is 5.11 Å². The van der Waals surface area contributed by atoms with Crippen LogP contribution in [-0.2, 0) is 4.79 Å². The smallest absolute Gasteiger partial charge is 0.303 e. The number of nitrogens with zero attached hydrogens (tertiary/aromatic N) is 1. The minimum atomic E-state index is -0.703. The molecular formula is C14H27NO3. The number of carbonyl (C=O) groups is 1. The van der Waals surface area contributed by atoms with Gasteiger partial charge in [0, 0.05) is 19.5 Å². The highest BCUT2D eigenvalue weighted by atomic mass is 16.4. The molecule has 0 aliphatic carbocycles. The summed E-state index contributed by atoms with van der Waals surface area (Å²) in [6, 6.07) is 0. The number of rotatable bonds is 7. The zero-order valence-corrected chi connectivity index (χ0v) is 11.7. The van der Waals surface area contributed by atoms with Gasteiger partial charge < -0.3 is 15.1 Å². The van der Waals surface area contributed by atoms with Crippen molar-refractivity contribution < 1.29 is 15.0 Å². The van der Waals surface area contributed by atoms with Gasteiger partial charge in [0.2, 0.25) is 0 Å². The van der Waals surface area contributed by atoms with E-state index in [0.29, 0.717) is 5.92 Å². The fourth-order valence-corrected chi connectivity index (χ4v) is 2.75. The van der Waals surface area contributed by atoms with E-state index in [9.17, 15) is 9.90 Å². The van der Waals surface area contributed by atoms with Gasteiger partial charge in [-0.3, -0.25) is 4.79 Å². The van der Waals surface area contributed by atoms with Gasteiger partial charge in [-0.2, -0.15) is 0 Å². The number of piperidine rings is 1. The standard InChI is InChI=1S/C14H27NO3/c1-3-14(18,4-2)11-15-9-5-6-12(10-15)7-8-13(16)17/h12,18H,3-11H2,1-2H3,(H,16,17). The third-order valence-electron chi connectivity index (χ3n) is 4.20. The van der Waals surface area contributed by atoms with Gasteiger partial charge in [0.05, 0.1) is 5.60 Å². The summed E-state index contributed by atoms with van der Waals surface area (Å²) in [7, 11) is 0. The summed E-state index contributed by atoms with van der Waals surface area (Å²) >= 11 is 0. The zero-order chi connectivity index (χ0) is 13.6. The second-order valence-corrected chi connectivity index (χ2v) is 5.61. The molecule has 0 aromatic rings. The number of likely N-dealkylation sites (tertiary alicyclic amines) is 1. The Morgan fingerprint density at radius 3 is 2.61 bits per heavy atom. The number of aliphatic hydroxyl groups is 1. The third-order valence-corrected chi connectivity index (χ3v) is 4.20. The lowest BCUT2D eigenvalue weighted by molar-refractivity contribution is -0.137. The monoisotopic (exact) mass is 257 g/mol. The van der Waals surface area contributed by atoms with Crippen LogP contribution in [0.3, 0.4) is 0 Å². The minimum Gasteiger partial charge on any atom is -0.481 e. The topological polar surface area (TPSA) is 60.8 Å². The molecule has 1 heterocycles. The van der Waals surface area contributed by atoms with Gasteiger partial charge in [0.1, 0.15) is 0 Å². The van der Waals surface area contributed by atoms with E-state index in [0.717, 1.165) is 51.7 Å². The number of β-amino-alcohol motifs (C(OH)–C–C–N with tert-alkyl or cyclic N) is 1. The second kappa shape index (κ2) is 7.10. The predicted molar refractivity (Wildman–Crippen MR) is 71.6 cm³/mol. The molecule has 0 aromatic heterocycles. The first-order chi connectivity index (χ1) is 8.49. The Labute approximate surface area is 110 Å². The van der Waals surface area contributed by atoms with Crippen molar-refractivity contribution in [3.63, 3.8) is 0 Å². The van der Waals surface area contributed by atoms with Crippen LogP contribution < -0.4 is 0 Å². The molecular weight excluding hydrogens is 230 g/mol. The normalized spacial score (nSPS) is 22.1. The van der Waals surface area contributed by atoms with Crippen LogP contribution in [0.15, 0.2) is 0 Å². The molecule has 1 rings (SSSR count). The molecule has 4 nitrogen and oxygen atoms in total. The molecule has 0 radical (unpaired) electrons. The van der Waals surface area contributed by atoms with Crippen molar-refractivity contribution in [2.45, 2.75) is 58.0 Å². The zero-order valence-electron chi connectivity index (χ0n) is 11.7. The van der Waals surface area contributed by atoms with E-state index >= 15 is 0 Å². The van der Waals surface area contributed by atoms with E-state index < -0.39 is 11.6 Å². The van der Waals surface area contributed by atoms with Gasteiger partial charge in [-0.05, 0) is 44.6 Å². The maximum absolute atomic E-state index is 10.6. The van der Waals surface area contributed by atoms with Crippen molar-refractivity contribution in [1.29, 1.82) is 0 Å². The molecule has 2 N–H and O–H groups in total. The van der Waals surface area contributed by atoms with Crippen LogP contribution in [-0.4, -0.2) is 46.3 Å². The Hall–Kier alpha value is -0.610. The van der Waals surface area contributed by atoms with Gasteiger partial charge in [0.25, 0.3) is 0 Å². The van der Waals surface area contributed by atoms with Crippen LogP contribution in [0.1, 0.15) is 52.4 Å². The molecule has 0 spiro atoms. The highest BCUT2D eigenvalue weighted by Gasteiger charge is 2.28. The molecule has 1 atom stereocenters. The highest BCUT2D eigenvalue weighted by molar-refractivity contribution is 5.66. The molecule has 1 saturated heterocycles. The van der Waals surface area contributed by atoms with Crippen LogP contribution in [0.25, 0.3) is 0 Å². The van der Waals surface area contributed by atoms with Gasteiger partial charge >= 0.3 is 5.97 Å². The summed E-state index contributed by atoms with van der Waals surface area (Å²) in [5.41, 5.74) is -0.575. The van der Waals surface area contributed by atoms with Gasteiger partial charge in [-0.25, -0.2) is 0 Å². The predicted octanol–water partition coefficient (Wildman–Crippen LogP) is 2.11.